The molecule has 5 nitrogen and oxygen atoms in total. The van der Waals surface area contributed by atoms with E-state index in [4.69, 9.17) is 5.73 Å². The molecule has 1 unspecified atom stereocenters. The number of amides is 1. The van der Waals surface area contributed by atoms with Crippen molar-refractivity contribution in [3.63, 3.8) is 0 Å². The Balaban J connectivity index is 1.53. The van der Waals surface area contributed by atoms with Crippen molar-refractivity contribution in [1.82, 2.24) is 9.97 Å². The number of nitrogens with one attached hydrogen (secondary N) is 2. The summed E-state index contributed by atoms with van der Waals surface area (Å²) in [5.74, 6) is 0.186. The third-order valence-electron chi connectivity index (χ3n) is 5.07. The molecule has 0 spiro atoms. The van der Waals surface area contributed by atoms with Crippen molar-refractivity contribution in [2.45, 2.75) is 31.2 Å². The number of anilines is 1. The van der Waals surface area contributed by atoms with Crippen molar-refractivity contribution in [2.24, 2.45) is 5.73 Å². The van der Waals surface area contributed by atoms with Crippen molar-refractivity contribution >= 4 is 22.6 Å². The lowest BCUT2D eigenvalue weighted by molar-refractivity contribution is 0.102. The summed E-state index contributed by atoms with van der Waals surface area (Å²) < 4.78 is 0. The summed E-state index contributed by atoms with van der Waals surface area (Å²) in [7, 11) is 0. The number of fused-ring (bicyclic) bond motifs is 1. The van der Waals surface area contributed by atoms with Crippen molar-refractivity contribution in [1.29, 1.82) is 0 Å². The number of aromatic nitrogens is 2. The molecule has 1 saturated carbocycles. The average Bonchev–Trinajstić information content (AvgIpc) is 3.16. The van der Waals surface area contributed by atoms with Gasteiger partial charge in [0.1, 0.15) is 5.65 Å². The van der Waals surface area contributed by atoms with Gasteiger partial charge >= 0.3 is 0 Å². The third kappa shape index (κ3) is 2.57. The lowest BCUT2D eigenvalue weighted by Gasteiger charge is -2.19. The van der Waals surface area contributed by atoms with Crippen LogP contribution in [0.25, 0.3) is 11.0 Å². The second-order valence-electron chi connectivity index (χ2n) is 6.63. The van der Waals surface area contributed by atoms with Crippen LogP contribution in [0.2, 0.25) is 0 Å². The molecule has 0 aliphatic heterocycles. The SMILES string of the molecule is CC(c1ccc(C(=O)Nc2ccnc3[nH]ccc23)cc1)C1(N)CC1. The van der Waals surface area contributed by atoms with Crippen LogP contribution < -0.4 is 11.1 Å². The smallest absolute Gasteiger partial charge is 0.255 e. The topological polar surface area (TPSA) is 83.8 Å². The van der Waals surface area contributed by atoms with Crippen LogP contribution in [0.1, 0.15) is 41.6 Å². The normalized spacial score (nSPS) is 16.8. The first-order valence-electron chi connectivity index (χ1n) is 8.19. The first-order valence-corrected chi connectivity index (χ1v) is 8.19. The van der Waals surface area contributed by atoms with Crippen LogP contribution in [0, 0.1) is 0 Å². The van der Waals surface area contributed by atoms with Gasteiger partial charge in [0.2, 0.25) is 0 Å². The Morgan fingerprint density at radius 2 is 2.00 bits per heavy atom. The summed E-state index contributed by atoms with van der Waals surface area (Å²) in [6.07, 6.45) is 5.63. The van der Waals surface area contributed by atoms with Gasteiger partial charge in [0.15, 0.2) is 0 Å². The quantitative estimate of drug-likeness (QED) is 0.689. The second kappa shape index (κ2) is 5.46. The maximum Gasteiger partial charge on any atom is 0.255 e. The predicted molar refractivity (Wildman–Crippen MR) is 95.1 cm³/mol. The molecule has 0 bridgehead atoms. The largest absolute Gasteiger partial charge is 0.346 e. The van der Waals surface area contributed by atoms with E-state index in [0.717, 1.165) is 29.6 Å². The minimum atomic E-state index is -0.128. The van der Waals surface area contributed by atoms with Gasteiger partial charge in [0.05, 0.1) is 5.69 Å². The number of H-pyrrole nitrogens is 1. The maximum atomic E-state index is 12.5. The van der Waals surface area contributed by atoms with Gasteiger partial charge in [-0.1, -0.05) is 19.1 Å². The molecule has 1 atom stereocenters. The fourth-order valence-electron chi connectivity index (χ4n) is 3.10. The molecule has 3 aromatic rings. The third-order valence-corrected chi connectivity index (χ3v) is 5.07. The Bertz CT molecular complexity index is 893. The Morgan fingerprint density at radius 1 is 1.25 bits per heavy atom. The van der Waals surface area contributed by atoms with Crippen molar-refractivity contribution in [2.75, 3.05) is 5.32 Å². The van der Waals surface area contributed by atoms with Crippen LogP contribution in [0.4, 0.5) is 5.69 Å². The summed E-state index contributed by atoms with van der Waals surface area (Å²) in [6.45, 7) is 2.15. The zero-order valence-corrected chi connectivity index (χ0v) is 13.5. The standard InChI is InChI=1S/C19H20N4O/c1-12(19(20)8-9-19)13-2-4-14(5-3-13)18(24)23-16-7-11-22-17-15(16)6-10-21-17/h2-7,10-12H,8-9,20H2,1H3,(H2,21,22,23,24). The minimum Gasteiger partial charge on any atom is -0.346 e. The number of carbonyl (C=O) groups excluding carboxylic acids is 1. The molecular formula is C19H20N4O. The predicted octanol–water partition coefficient (Wildman–Crippen LogP) is 3.41. The molecule has 1 fully saturated rings. The summed E-state index contributed by atoms with van der Waals surface area (Å²) in [6, 6.07) is 11.4. The van der Waals surface area contributed by atoms with E-state index in [1.54, 1.807) is 12.3 Å². The van der Waals surface area contributed by atoms with Crippen molar-refractivity contribution < 1.29 is 4.79 Å². The highest BCUT2D eigenvalue weighted by Crippen LogP contribution is 2.44. The Kier molecular flexibility index (Phi) is 3.39. The van der Waals surface area contributed by atoms with E-state index in [9.17, 15) is 4.79 Å². The van der Waals surface area contributed by atoms with E-state index in [-0.39, 0.29) is 11.4 Å². The first kappa shape index (κ1) is 14.9. The minimum absolute atomic E-state index is 0.0549. The number of pyridine rings is 1. The highest BCUT2D eigenvalue weighted by Gasteiger charge is 2.43. The second-order valence-corrected chi connectivity index (χ2v) is 6.63. The van der Waals surface area contributed by atoms with Gasteiger partial charge in [-0.25, -0.2) is 4.98 Å². The Labute approximate surface area is 140 Å². The number of rotatable bonds is 4. The molecule has 122 valence electrons. The van der Waals surface area contributed by atoms with Crippen molar-refractivity contribution in [3.8, 4) is 0 Å². The van der Waals surface area contributed by atoms with E-state index in [1.807, 2.05) is 36.5 Å². The molecule has 0 saturated heterocycles. The molecule has 0 radical (unpaired) electrons. The molecule has 1 aliphatic carbocycles. The number of hydrogen-bond acceptors (Lipinski definition) is 3. The zero-order chi connectivity index (χ0) is 16.7. The van der Waals surface area contributed by atoms with Gasteiger partial charge in [0.25, 0.3) is 5.91 Å². The molecule has 1 aliphatic rings. The van der Waals surface area contributed by atoms with E-state index < -0.39 is 0 Å². The lowest BCUT2D eigenvalue weighted by Crippen LogP contribution is -2.28. The van der Waals surface area contributed by atoms with Gasteiger partial charge < -0.3 is 16.0 Å². The number of aromatic amines is 1. The summed E-state index contributed by atoms with van der Waals surface area (Å²) >= 11 is 0. The molecule has 1 aromatic carbocycles. The summed E-state index contributed by atoms with van der Waals surface area (Å²) in [5.41, 5.74) is 9.55. The Hall–Kier alpha value is -2.66. The molecule has 24 heavy (non-hydrogen) atoms. The molecular weight excluding hydrogens is 300 g/mol. The average molecular weight is 320 g/mol. The van der Waals surface area contributed by atoms with Crippen LogP contribution in [0.3, 0.4) is 0 Å². The highest BCUT2D eigenvalue weighted by atomic mass is 16.1. The number of nitrogens with zero attached hydrogens (tertiary/aromatic N) is 1. The fraction of sp³-hybridized carbons (Fsp3) is 0.263. The number of benzene rings is 1. The first-order chi connectivity index (χ1) is 11.6. The number of hydrogen-bond donors (Lipinski definition) is 3. The zero-order valence-electron chi connectivity index (χ0n) is 13.5. The van der Waals surface area contributed by atoms with E-state index >= 15 is 0 Å². The molecule has 1 amide bonds. The van der Waals surface area contributed by atoms with Gasteiger partial charge in [-0.15, -0.1) is 0 Å². The van der Waals surface area contributed by atoms with Crippen LogP contribution in [0.15, 0.2) is 48.8 Å². The summed E-state index contributed by atoms with van der Waals surface area (Å²) in [4.78, 5) is 19.8. The number of carbonyl (C=O) groups is 1. The fourth-order valence-corrected chi connectivity index (χ4v) is 3.10. The molecule has 4 N–H and O–H groups in total. The van der Waals surface area contributed by atoms with Gasteiger partial charge in [-0.05, 0) is 48.6 Å². The van der Waals surface area contributed by atoms with E-state index in [0.29, 0.717) is 11.5 Å². The highest BCUT2D eigenvalue weighted by molar-refractivity contribution is 6.08. The van der Waals surface area contributed by atoms with Gasteiger partial charge in [-0.2, -0.15) is 0 Å². The number of nitrogens with two attached hydrogens (primary N) is 1. The van der Waals surface area contributed by atoms with E-state index in [2.05, 4.69) is 22.2 Å². The molecule has 5 heteroatoms. The van der Waals surface area contributed by atoms with Crippen LogP contribution in [-0.4, -0.2) is 21.4 Å². The Morgan fingerprint density at radius 3 is 2.71 bits per heavy atom. The summed E-state index contributed by atoms with van der Waals surface area (Å²) in [5, 5.41) is 3.85. The van der Waals surface area contributed by atoms with Crippen molar-refractivity contribution in [3.05, 3.63) is 59.9 Å². The molecule has 4 rings (SSSR count). The molecule has 2 heterocycles. The lowest BCUT2D eigenvalue weighted by atomic mass is 9.91. The van der Waals surface area contributed by atoms with Crippen LogP contribution in [0.5, 0.6) is 0 Å². The maximum absolute atomic E-state index is 12.5. The van der Waals surface area contributed by atoms with E-state index in [1.165, 1.54) is 5.56 Å². The van der Waals surface area contributed by atoms with Crippen LogP contribution >= 0.6 is 0 Å². The van der Waals surface area contributed by atoms with Gasteiger partial charge in [-0.3, -0.25) is 4.79 Å². The monoisotopic (exact) mass is 320 g/mol. The van der Waals surface area contributed by atoms with Gasteiger partial charge in [0, 0.05) is 28.9 Å². The van der Waals surface area contributed by atoms with Crippen LogP contribution in [-0.2, 0) is 0 Å². The molecule has 2 aromatic heterocycles.